The summed E-state index contributed by atoms with van der Waals surface area (Å²) in [4.78, 5) is 12.2. The first-order chi connectivity index (χ1) is 10.6. The summed E-state index contributed by atoms with van der Waals surface area (Å²) in [5.41, 5.74) is 9.73. The van der Waals surface area contributed by atoms with Crippen molar-refractivity contribution < 1.29 is 9.53 Å². The molecule has 0 atom stereocenters. The number of hydrogen-bond acceptors (Lipinski definition) is 3. The van der Waals surface area contributed by atoms with E-state index >= 15 is 0 Å². The fraction of sp³-hybridized carbons (Fsp3) is 0.611. The molecule has 3 rings (SSSR count). The summed E-state index contributed by atoms with van der Waals surface area (Å²) in [6.45, 7) is 1.95. The fourth-order valence-corrected chi connectivity index (χ4v) is 3.47. The van der Waals surface area contributed by atoms with Crippen molar-refractivity contribution >= 4 is 5.91 Å². The molecule has 4 nitrogen and oxygen atoms in total. The maximum atomic E-state index is 12.2. The number of carbonyl (C=O) groups is 1. The third-order valence-electron chi connectivity index (χ3n) is 4.89. The lowest BCUT2D eigenvalue weighted by Crippen LogP contribution is -2.50. The van der Waals surface area contributed by atoms with E-state index < -0.39 is 0 Å². The third-order valence-corrected chi connectivity index (χ3v) is 4.89. The molecule has 1 aliphatic carbocycles. The third kappa shape index (κ3) is 3.87. The summed E-state index contributed by atoms with van der Waals surface area (Å²) in [6, 6.07) is 6.18. The Bertz CT molecular complexity index is 534. The van der Waals surface area contributed by atoms with Gasteiger partial charge in [-0.05, 0) is 29.5 Å². The van der Waals surface area contributed by atoms with Gasteiger partial charge in [0.15, 0.2) is 0 Å². The van der Waals surface area contributed by atoms with E-state index in [0.717, 1.165) is 18.4 Å². The van der Waals surface area contributed by atoms with Gasteiger partial charge in [0.05, 0.1) is 19.6 Å². The van der Waals surface area contributed by atoms with Gasteiger partial charge in [-0.3, -0.25) is 4.79 Å². The van der Waals surface area contributed by atoms with Crippen LogP contribution in [0.3, 0.4) is 0 Å². The Morgan fingerprint density at radius 3 is 2.64 bits per heavy atom. The van der Waals surface area contributed by atoms with E-state index in [4.69, 9.17) is 10.5 Å². The van der Waals surface area contributed by atoms with Crippen molar-refractivity contribution in [1.82, 2.24) is 5.32 Å². The lowest BCUT2D eigenvalue weighted by molar-refractivity contribution is -0.120. The molecule has 1 saturated carbocycles. The number of nitrogens with one attached hydrogen (secondary N) is 1. The average molecular weight is 302 g/mol. The van der Waals surface area contributed by atoms with Crippen LogP contribution in [0.25, 0.3) is 0 Å². The topological polar surface area (TPSA) is 64.3 Å². The van der Waals surface area contributed by atoms with Crippen molar-refractivity contribution in [3.63, 3.8) is 0 Å². The molecule has 1 aromatic carbocycles. The molecular weight excluding hydrogens is 276 g/mol. The smallest absolute Gasteiger partial charge is 0.224 e. The number of rotatable bonds is 4. The van der Waals surface area contributed by atoms with E-state index in [2.05, 4.69) is 17.4 Å². The molecule has 0 unspecified atom stereocenters. The molecule has 0 bridgehead atoms. The molecule has 4 heteroatoms. The molecule has 0 spiro atoms. The van der Waals surface area contributed by atoms with E-state index in [1.165, 1.54) is 36.8 Å². The number of nitrogens with two attached hydrogens (primary N) is 1. The van der Waals surface area contributed by atoms with Gasteiger partial charge in [-0.25, -0.2) is 0 Å². The van der Waals surface area contributed by atoms with Gasteiger partial charge in [-0.1, -0.05) is 43.9 Å². The van der Waals surface area contributed by atoms with Crippen molar-refractivity contribution in [3.05, 3.63) is 34.9 Å². The molecule has 2 aliphatic rings. The summed E-state index contributed by atoms with van der Waals surface area (Å²) < 4.78 is 5.41. The molecule has 3 N–H and O–H groups in total. The van der Waals surface area contributed by atoms with Crippen molar-refractivity contribution in [1.29, 1.82) is 0 Å². The Hall–Kier alpha value is -1.39. The number of carbonyl (C=O) groups excluding carboxylic acids is 1. The monoisotopic (exact) mass is 302 g/mol. The largest absolute Gasteiger partial charge is 0.372 e. The van der Waals surface area contributed by atoms with Gasteiger partial charge in [0.2, 0.25) is 5.91 Å². The predicted molar refractivity (Wildman–Crippen MR) is 86.3 cm³/mol. The minimum Gasteiger partial charge on any atom is -0.372 e. The first-order valence-corrected chi connectivity index (χ1v) is 8.39. The standard InChI is InChI=1S/C18H26N2O2/c19-18(7-3-1-2-4-8-18)13-20-17(21)10-14-5-6-15-11-22-12-16(15)9-14/h5-6,9H,1-4,7-8,10-13,19H2,(H,20,21). The molecule has 1 aliphatic heterocycles. The van der Waals surface area contributed by atoms with Gasteiger partial charge < -0.3 is 15.8 Å². The van der Waals surface area contributed by atoms with Crippen LogP contribution in [0.1, 0.15) is 55.2 Å². The van der Waals surface area contributed by atoms with Gasteiger partial charge >= 0.3 is 0 Å². The highest BCUT2D eigenvalue weighted by atomic mass is 16.5. The normalized spacial score (nSPS) is 20.2. The van der Waals surface area contributed by atoms with Gasteiger partial charge in [-0.15, -0.1) is 0 Å². The molecule has 0 aromatic heterocycles. The molecule has 1 fully saturated rings. The lowest BCUT2D eigenvalue weighted by Gasteiger charge is -2.28. The van der Waals surface area contributed by atoms with Crippen LogP contribution in [0.4, 0.5) is 0 Å². The zero-order valence-electron chi connectivity index (χ0n) is 13.2. The van der Waals surface area contributed by atoms with E-state index in [1.54, 1.807) is 0 Å². The summed E-state index contributed by atoms with van der Waals surface area (Å²) in [6.07, 6.45) is 7.35. The van der Waals surface area contributed by atoms with E-state index in [1.807, 2.05) is 6.07 Å². The number of amides is 1. The Morgan fingerprint density at radius 2 is 1.86 bits per heavy atom. The summed E-state index contributed by atoms with van der Waals surface area (Å²) in [5.74, 6) is 0.0629. The second-order valence-corrected chi connectivity index (χ2v) is 6.83. The molecular formula is C18H26N2O2. The number of hydrogen-bond donors (Lipinski definition) is 2. The van der Waals surface area contributed by atoms with Crippen LogP contribution in [0.2, 0.25) is 0 Å². The van der Waals surface area contributed by atoms with Crippen molar-refractivity contribution in [3.8, 4) is 0 Å². The maximum Gasteiger partial charge on any atom is 0.224 e. The number of fused-ring (bicyclic) bond motifs is 1. The molecule has 0 radical (unpaired) electrons. The van der Waals surface area contributed by atoms with Crippen molar-refractivity contribution in [2.24, 2.45) is 5.73 Å². The quantitative estimate of drug-likeness (QED) is 0.840. The second-order valence-electron chi connectivity index (χ2n) is 6.83. The molecule has 0 saturated heterocycles. The summed E-state index contributed by atoms with van der Waals surface area (Å²) >= 11 is 0. The van der Waals surface area contributed by atoms with Crippen molar-refractivity contribution in [2.75, 3.05) is 6.54 Å². The van der Waals surface area contributed by atoms with E-state index in [9.17, 15) is 4.79 Å². The maximum absolute atomic E-state index is 12.2. The Balaban J connectivity index is 1.52. The highest BCUT2D eigenvalue weighted by molar-refractivity contribution is 5.78. The molecule has 1 aromatic rings. The number of benzene rings is 1. The predicted octanol–water partition coefficient (Wildman–Crippen LogP) is 2.43. The highest BCUT2D eigenvalue weighted by Gasteiger charge is 2.26. The van der Waals surface area contributed by atoms with Gasteiger partial charge in [-0.2, -0.15) is 0 Å². The van der Waals surface area contributed by atoms with Gasteiger partial charge in [0, 0.05) is 12.1 Å². The average Bonchev–Trinajstić information content (AvgIpc) is 2.86. The van der Waals surface area contributed by atoms with Crippen LogP contribution in [0.15, 0.2) is 18.2 Å². The van der Waals surface area contributed by atoms with E-state index in [0.29, 0.717) is 26.2 Å². The summed E-state index contributed by atoms with van der Waals surface area (Å²) in [7, 11) is 0. The van der Waals surface area contributed by atoms with Crippen LogP contribution < -0.4 is 11.1 Å². The van der Waals surface area contributed by atoms with Crippen LogP contribution in [-0.2, 0) is 29.2 Å². The molecule has 22 heavy (non-hydrogen) atoms. The fourth-order valence-electron chi connectivity index (χ4n) is 3.47. The van der Waals surface area contributed by atoms with Crippen molar-refractivity contribution in [2.45, 2.75) is 63.7 Å². The first-order valence-electron chi connectivity index (χ1n) is 8.39. The molecule has 1 heterocycles. The van der Waals surface area contributed by atoms with Gasteiger partial charge in [0.1, 0.15) is 0 Å². The van der Waals surface area contributed by atoms with E-state index in [-0.39, 0.29) is 11.4 Å². The lowest BCUT2D eigenvalue weighted by atomic mass is 9.91. The zero-order chi connectivity index (χ0) is 15.4. The van der Waals surface area contributed by atoms with Crippen LogP contribution in [0.5, 0.6) is 0 Å². The molecule has 1 amide bonds. The Labute approximate surface area is 132 Å². The summed E-state index contributed by atoms with van der Waals surface area (Å²) in [5, 5.41) is 3.04. The SMILES string of the molecule is NC1(CNC(=O)Cc2ccc3c(c2)COC3)CCCCCC1. The van der Waals surface area contributed by atoms with Crippen LogP contribution in [0, 0.1) is 0 Å². The molecule has 120 valence electrons. The Morgan fingerprint density at radius 1 is 1.14 bits per heavy atom. The zero-order valence-corrected chi connectivity index (χ0v) is 13.2. The number of ether oxygens (including phenoxy) is 1. The Kier molecular flexibility index (Phi) is 4.79. The van der Waals surface area contributed by atoms with Crippen LogP contribution >= 0.6 is 0 Å². The van der Waals surface area contributed by atoms with Gasteiger partial charge in [0.25, 0.3) is 0 Å². The van der Waals surface area contributed by atoms with Crippen LogP contribution in [-0.4, -0.2) is 18.0 Å². The first kappa shape index (κ1) is 15.5. The highest BCUT2D eigenvalue weighted by Crippen LogP contribution is 2.24. The minimum absolute atomic E-state index is 0.0629. The minimum atomic E-state index is -0.210. The second kappa shape index (κ2) is 6.80.